The van der Waals surface area contributed by atoms with Crippen LogP contribution in [0.3, 0.4) is 0 Å². The summed E-state index contributed by atoms with van der Waals surface area (Å²) in [7, 11) is 0. The molecule has 1 aromatic carbocycles. The van der Waals surface area contributed by atoms with Crippen LogP contribution in [0.2, 0.25) is 0 Å². The molecule has 1 fully saturated rings. The molecule has 3 nitrogen and oxygen atoms in total. The standard InChI is InChI=1S/C16H21N3/c1-2-19-9-11(17)7-13-12-4-3-5-14-16(12)10(8-18-14)6-15(13)19/h3-5,8,11,13,15,18H,2,6-7,9,17H2,1H3/t11?,13-,15-/m1/s1. The van der Waals surface area contributed by atoms with Crippen molar-refractivity contribution in [1.82, 2.24) is 9.88 Å². The van der Waals surface area contributed by atoms with Crippen molar-refractivity contribution < 1.29 is 0 Å². The first-order valence-electron chi connectivity index (χ1n) is 7.36. The molecule has 1 aliphatic heterocycles. The van der Waals surface area contributed by atoms with Crippen molar-refractivity contribution in [3.8, 4) is 0 Å². The van der Waals surface area contributed by atoms with Crippen molar-refractivity contribution in [3.05, 3.63) is 35.5 Å². The number of nitrogens with two attached hydrogens (primary N) is 1. The van der Waals surface area contributed by atoms with Crippen molar-refractivity contribution in [2.45, 2.75) is 37.8 Å². The number of likely N-dealkylation sites (N-methyl/N-ethyl adjacent to an activating group) is 1. The second kappa shape index (κ2) is 4.09. The molecule has 0 bridgehead atoms. The Morgan fingerprint density at radius 3 is 3.16 bits per heavy atom. The highest BCUT2D eigenvalue weighted by Crippen LogP contribution is 2.42. The second-order valence-corrected chi connectivity index (χ2v) is 6.05. The van der Waals surface area contributed by atoms with Crippen molar-refractivity contribution in [3.63, 3.8) is 0 Å². The van der Waals surface area contributed by atoms with E-state index in [2.05, 4.69) is 41.2 Å². The molecule has 0 saturated carbocycles. The van der Waals surface area contributed by atoms with E-state index in [-0.39, 0.29) is 0 Å². The normalized spacial score (nSPS) is 30.5. The zero-order valence-electron chi connectivity index (χ0n) is 11.4. The zero-order valence-corrected chi connectivity index (χ0v) is 11.4. The average Bonchev–Trinajstić information content (AvgIpc) is 2.84. The lowest BCUT2D eigenvalue weighted by molar-refractivity contribution is 0.117. The summed E-state index contributed by atoms with van der Waals surface area (Å²) in [6, 6.07) is 7.62. The molecule has 1 aliphatic carbocycles. The Morgan fingerprint density at radius 2 is 2.32 bits per heavy atom. The molecule has 3 N–H and O–H groups in total. The van der Waals surface area contributed by atoms with Crippen LogP contribution in [-0.4, -0.2) is 35.1 Å². The third-order valence-electron chi connectivity index (χ3n) is 5.01. The molecule has 100 valence electrons. The Bertz CT molecular complexity index is 615. The average molecular weight is 255 g/mol. The first-order chi connectivity index (χ1) is 9.28. The van der Waals surface area contributed by atoms with Gasteiger partial charge in [0.15, 0.2) is 0 Å². The van der Waals surface area contributed by atoms with Gasteiger partial charge in [-0.3, -0.25) is 4.90 Å². The van der Waals surface area contributed by atoms with Gasteiger partial charge in [0.25, 0.3) is 0 Å². The number of nitrogens with one attached hydrogen (secondary N) is 1. The fourth-order valence-electron chi connectivity index (χ4n) is 4.20. The lowest BCUT2D eigenvalue weighted by Crippen LogP contribution is -2.53. The lowest BCUT2D eigenvalue weighted by atomic mass is 9.74. The van der Waals surface area contributed by atoms with Gasteiger partial charge in [-0.15, -0.1) is 0 Å². The number of benzene rings is 1. The number of likely N-dealkylation sites (tertiary alicyclic amines) is 1. The largest absolute Gasteiger partial charge is 0.361 e. The smallest absolute Gasteiger partial charge is 0.0459 e. The molecule has 1 unspecified atom stereocenters. The van der Waals surface area contributed by atoms with E-state index in [1.165, 1.54) is 28.5 Å². The van der Waals surface area contributed by atoms with Crippen LogP contribution in [0, 0.1) is 0 Å². The minimum absolute atomic E-state index is 0.317. The van der Waals surface area contributed by atoms with Crippen LogP contribution >= 0.6 is 0 Å². The van der Waals surface area contributed by atoms with Crippen molar-refractivity contribution in [2.75, 3.05) is 13.1 Å². The highest BCUT2D eigenvalue weighted by Gasteiger charge is 2.39. The summed E-state index contributed by atoms with van der Waals surface area (Å²) >= 11 is 0. The molecule has 0 spiro atoms. The zero-order chi connectivity index (χ0) is 13.0. The van der Waals surface area contributed by atoms with Gasteiger partial charge in [0.2, 0.25) is 0 Å². The summed E-state index contributed by atoms with van der Waals surface area (Å²) in [5.74, 6) is 0.607. The number of aromatic nitrogens is 1. The Balaban J connectivity index is 1.88. The molecule has 0 amide bonds. The Labute approximate surface area is 113 Å². The van der Waals surface area contributed by atoms with E-state index in [4.69, 9.17) is 5.73 Å². The van der Waals surface area contributed by atoms with Crippen LogP contribution < -0.4 is 5.73 Å². The summed E-state index contributed by atoms with van der Waals surface area (Å²) in [5, 5.41) is 1.47. The SMILES string of the molecule is CCN1CC(N)C[C@@H]2c3cccc4[nH]cc(c34)C[C@H]21. The van der Waals surface area contributed by atoms with Gasteiger partial charge in [-0.25, -0.2) is 0 Å². The number of aromatic amines is 1. The van der Waals surface area contributed by atoms with Crippen LogP contribution in [0.15, 0.2) is 24.4 Å². The van der Waals surface area contributed by atoms with Gasteiger partial charge in [0.1, 0.15) is 0 Å². The fourth-order valence-corrected chi connectivity index (χ4v) is 4.20. The Kier molecular flexibility index (Phi) is 2.47. The van der Waals surface area contributed by atoms with Gasteiger partial charge in [-0.05, 0) is 36.6 Å². The minimum Gasteiger partial charge on any atom is -0.361 e. The van der Waals surface area contributed by atoms with Gasteiger partial charge >= 0.3 is 0 Å². The summed E-state index contributed by atoms with van der Waals surface area (Å²) in [5.41, 5.74) is 10.6. The quantitative estimate of drug-likeness (QED) is 0.821. The number of rotatable bonds is 1. The van der Waals surface area contributed by atoms with Gasteiger partial charge in [-0.2, -0.15) is 0 Å². The number of hydrogen-bond acceptors (Lipinski definition) is 2. The molecule has 19 heavy (non-hydrogen) atoms. The maximum Gasteiger partial charge on any atom is 0.0459 e. The molecule has 0 radical (unpaired) electrons. The first-order valence-corrected chi connectivity index (χ1v) is 7.36. The van der Waals surface area contributed by atoms with E-state index in [0.29, 0.717) is 18.0 Å². The van der Waals surface area contributed by atoms with E-state index in [9.17, 15) is 0 Å². The number of nitrogens with zero attached hydrogens (tertiary/aromatic N) is 1. The predicted octanol–water partition coefficient (Wildman–Crippen LogP) is 2.23. The number of piperidine rings is 1. The van der Waals surface area contributed by atoms with Gasteiger partial charge < -0.3 is 10.7 Å². The highest BCUT2D eigenvalue weighted by molar-refractivity contribution is 5.88. The molecule has 3 atom stereocenters. The molecule has 2 aromatic rings. The fraction of sp³-hybridized carbons (Fsp3) is 0.500. The van der Waals surface area contributed by atoms with Crippen molar-refractivity contribution >= 4 is 10.9 Å². The molecular formula is C16H21N3. The molecule has 2 aliphatic rings. The number of fused-ring (bicyclic) bond motifs is 2. The van der Waals surface area contributed by atoms with Crippen LogP contribution in [0.1, 0.15) is 30.4 Å². The molecule has 1 saturated heterocycles. The third kappa shape index (κ3) is 1.58. The maximum absolute atomic E-state index is 6.28. The number of H-pyrrole nitrogens is 1. The summed E-state index contributed by atoms with van der Waals surface area (Å²) in [4.78, 5) is 6.00. The van der Waals surface area contributed by atoms with E-state index < -0.39 is 0 Å². The summed E-state index contributed by atoms with van der Waals surface area (Å²) in [6.07, 6.45) is 4.50. The van der Waals surface area contributed by atoms with Crippen LogP contribution in [0.4, 0.5) is 0 Å². The molecule has 1 aromatic heterocycles. The monoisotopic (exact) mass is 255 g/mol. The van der Waals surface area contributed by atoms with Crippen LogP contribution in [0.5, 0.6) is 0 Å². The van der Waals surface area contributed by atoms with Gasteiger partial charge in [0, 0.05) is 41.6 Å². The van der Waals surface area contributed by atoms with Crippen molar-refractivity contribution in [1.29, 1.82) is 0 Å². The molecular weight excluding hydrogens is 234 g/mol. The lowest BCUT2D eigenvalue weighted by Gasteiger charge is -2.46. The van der Waals surface area contributed by atoms with Crippen molar-refractivity contribution in [2.24, 2.45) is 5.73 Å². The summed E-state index contributed by atoms with van der Waals surface area (Å²) < 4.78 is 0. The Morgan fingerprint density at radius 1 is 1.42 bits per heavy atom. The Hall–Kier alpha value is -1.32. The van der Waals surface area contributed by atoms with E-state index in [1.807, 2.05) is 0 Å². The summed E-state index contributed by atoms with van der Waals surface area (Å²) in [6.45, 7) is 4.40. The highest BCUT2D eigenvalue weighted by atomic mass is 15.2. The topological polar surface area (TPSA) is 45.0 Å². The second-order valence-electron chi connectivity index (χ2n) is 6.05. The molecule has 3 heteroatoms. The van der Waals surface area contributed by atoms with E-state index >= 15 is 0 Å². The maximum atomic E-state index is 6.28. The van der Waals surface area contributed by atoms with Crippen LogP contribution in [0.25, 0.3) is 10.9 Å². The van der Waals surface area contributed by atoms with E-state index in [1.54, 1.807) is 0 Å². The molecule has 4 rings (SSSR count). The molecule has 2 heterocycles. The van der Waals surface area contributed by atoms with Crippen LogP contribution in [-0.2, 0) is 6.42 Å². The minimum atomic E-state index is 0.317. The van der Waals surface area contributed by atoms with Gasteiger partial charge in [-0.1, -0.05) is 19.1 Å². The number of hydrogen-bond donors (Lipinski definition) is 2. The first kappa shape index (κ1) is 11.5. The predicted molar refractivity (Wildman–Crippen MR) is 78.4 cm³/mol. The third-order valence-corrected chi connectivity index (χ3v) is 5.01. The van der Waals surface area contributed by atoms with E-state index in [0.717, 1.165) is 19.5 Å². The van der Waals surface area contributed by atoms with Gasteiger partial charge in [0.05, 0.1) is 0 Å².